The molecule has 1 amide bonds. The van der Waals surface area contributed by atoms with Gasteiger partial charge in [0.15, 0.2) is 0 Å². The minimum Gasteiger partial charge on any atom is -0.353 e. The maximum atomic E-state index is 11.3. The molecule has 0 radical (unpaired) electrons. The van der Waals surface area contributed by atoms with Crippen molar-refractivity contribution in [3.05, 3.63) is 12.4 Å². The molecule has 0 aliphatic rings. The Morgan fingerprint density at radius 3 is 3.00 bits per heavy atom. The number of aromatic nitrogens is 3. The Morgan fingerprint density at radius 1 is 1.64 bits per heavy atom. The van der Waals surface area contributed by atoms with Crippen molar-refractivity contribution >= 4 is 5.91 Å². The highest BCUT2D eigenvalue weighted by Crippen LogP contribution is 1.82. The molecular weight excluding hydrogens is 182 g/mol. The van der Waals surface area contributed by atoms with Crippen molar-refractivity contribution in [1.82, 2.24) is 25.6 Å². The molecule has 0 bridgehead atoms. The third-order valence-corrected chi connectivity index (χ3v) is 1.88. The van der Waals surface area contributed by atoms with E-state index in [4.69, 9.17) is 0 Å². The number of nitrogens with zero attached hydrogens (tertiary/aromatic N) is 3. The number of rotatable bonds is 5. The molecule has 14 heavy (non-hydrogen) atoms. The van der Waals surface area contributed by atoms with Gasteiger partial charge in [0, 0.05) is 18.8 Å². The third kappa shape index (κ3) is 3.53. The Hall–Kier alpha value is -1.43. The lowest BCUT2D eigenvalue weighted by atomic mass is 10.3. The second-order valence-electron chi connectivity index (χ2n) is 3.09. The third-order valence-electron chi connectivity index (χ3n) is 1.88. The van der Waals surface area contributed by atoms with E-state index in [0.717, 1.165) is 0 Å². The molecule has 6 nitrogen and oxygen atoms in total. The Bertz CT molecular complexity index is 271. The summed E-state index contributed by atoms with van der Waals surface area (Å²) >= 11 is 0. The van der Waals surface area contributed by atoms with Gasteiger partial charge < -0.3 is 10.6 Å². The first kappa shape index (κ1) is 10.6. The lowest BCUT2D eigenvalue weighted by Crippen LogP contribution is -2.38. The SMILES string of the molecule is CNC(C)CNC(=O)Cn1ccnn1. The second kappa shape index (κ2) is 5.33. The quantitative estimate of drug-likeness (QED) is 0.635. The molecule has 1 heterocycles. The fraction of sp³-hybridized carbons (Fsp3) is 0.625. The molecule has 1 unspecified atom stereocenters. The summed E-state index contributed by atoms with van der Waals surface area (Å²) in [6.07, 6.45) is 3.20. The maximum Gasteiger partial charge on any atom is 0.241 e. The van der Waals surface area contributed by atoms with Gasteiger partial charge in [-0.15, -0.1) is 5.10 Å². The molecule has 6 heteroatoms. The van der Waals surface area contributed by atoms with E-state index in [1.807, 2.05) is 14.0 Å². The van der Waals surface area contributed by atoms with Crippen molar-refractivity contribution in [3.8, 4) is 0 Å². The molecule has 0 fully saturated rings. The van der Waals surface area contributed by atoms with Gasteiger partial charge in [0.2, 0.25) is 5.91 Å². The van der Waals surface area contributed by atoms with Gasteiger partial charge in [-0.3, -0.25) is 4.79 Å². The molecule has 0 aliphatic carbocycles. The van der Waals surface area contributed by atoms with Crippen LogP contribution in [0.2, 0.25) is 0 Å². The average Bonchev–Trinajstić information content (AvgIpc) is 2.66. The highest BCUT2D eigenvalue weighted by molar-refractivity contribution is 5.75. The number of hydrogen-bond donors (Lipinski definition) is 2. The standard InChI is InChI=1S/C8H15N5O/c1-7(9-2)5-10-8(14)6-13-4-3-11-12-13/h3-4,7,9H,5-6H2,1-2H3,(H,10,14). The Labute approximate surface area is 82.7 Å². The molecule has 0 saturated heterocycles. The van der Waals surface area contributed by atoms with E-state index in [1.54, 1.807) is 12.4 Å². The van der Waals surface area contributed by atoms with Crippen LogP contribution in [0.4, 0.5) is 0 Å². The minimum atomic E-state index is -0.0578. The van der Waals surface area contributed by atoms with Gasteiger partial charge >= 0.3 is 0 Å². The second-order valence-corrected chi connectivity index (χ2v) is 3.09. The predicted molar refractivity (Wildman–Crippen MR) is 51.6 cm³/mol. The lowest BCUT2D eigenvalue weighted by Gasteiger charge is -2.10. The lowest BCUT2D eigenvalue weighted by molar-refractivity contribution is -0.121. The highest BCUT2D eigenvalue weighted by atomic mass is 16.2. The van der Waals surface area contributed by atoms with E-state index < -0.39 is 0 Å². The van der Waals surface area contributed by atoms with Gasteiger partial charge in [0.25, 0.3) is 0 Å². The first-order valence-electron chi connectivity index (χ1n) is 4.50. The van der Waals surface area contributed by atoms with Gasteiger partial charge in [-0.05, 0) is 14.0 Å². The minimum absolute atomic E-state index is 0.0578. The number of likely N-dealkylation sites (N-methyl/N-ethyl adjacent to an activating group) is 1. The van der Waals surface area contributed by atoms with Crippen LogP contribution in [0.15, 0.2) is 12.4 Å². The Kier molecular flexibility index (Phi) is 4.06. The van der Waals surface area contributed by atoms with Crippen LogP contribution in [-0.2, 0) is 11.3 Å². The van der Waals surface area contributed by atoms with Crippen LogP contribution >= 0.6 is 0 Å². The summed E-state index contributed by atoms with van der Waals surface area (Å²) in [4.78, 5) is 11.3. The molecule has 1 aromatic heterocycles. The first-order chi connectivity index (χ1) is 6.72. The van der Waals surface area contributed by atoms with Crippen LogP contribution < -0.4 is 10.6 Å². The molecule has 2 N–H and O–H groups in total. The zero-order valence-electron chi connectivity index (χ0n) is 8.40. The van der Waals surface area contributed by atoms with Crippen molar-refractivity contribution < 1.29 is 4.79 Å². The van der Waals surface area contributed by atoms with Crippen LogP contribution in [0.5, 0.6) is 0 Å². The zero-order valence-corrected chi connectivity index (χ0v) is 8.40. The number of nitrogens with one attached hydrogen (secondary N) is 2. The van der Waals surface area contributed by atoms with Gasteiger partial charge in [0.1, 0.15) is 6.54 Å². The van der Waals surface area contributed by atoms with Crippen LogP contribution in [0.25, 0.3) is 0 Å². The van der Waals surface area contributed by atoms with Crippen LogP contribution in [0.3, 0.4) is 0 Å². The molecule has 1 aromatic rings. The summed E-state index contributed by atoms with van der Waals surface area (Å²) in [6.45, 7) is 2.83. The van der Waals surface area contributed by atoms with Crippen molar-refractivity contribution in [2.24, 2.45) is 0 Å². The van der Waals surface area contributed by atoms with Gasteiger partial charge in [-0.25, -0.2) is 4.68 Å². The molecular formula is C8H15N5O. The van der Waals surface area contributed by atoms with Crippen molar-refractivity contribution in [1.29, 1.82) is 0 Å². The van der Waals surface area contributed by atoms with E-state index >= 15 is 0 Å². The first-order valence-corrected chi connectivity index (χ1v) is 4.50. The number of hydrogen-bond acceptors (Lipinski definition) is 4. The average molecular weight is 197 g/mol. The summed E-state index contributed by atoms with van der Waals surface area (Å²) < 4.78 is 1.49. The van der Waals surface area contributed by atoms with E-state index in [-0.39, 0.29) is 18.5 Å². The van der Waals surface area contributed by atoms with Crippen LogP contribution in [0.1, 0.15) is 6.92 Å². The van der Waals surface area contributed by atoms with Gasteiger partial charge in [-0.1, -0.05) is 5.21 Å². The molecule has 0 aromatic carbocycles. The fourth-order valence-electron chi connectivity index (χ4n) is 0.889. The van der Waals surface area contributed by atoms with Gasteiger partial charge in [-0.2, -0.15) is 0 Å². The monoisotopic (exact) mass is 197 g/mol. The molecule has 1 rings (SSSR count). The van der Waals surface area contributed by atoms with E-state index in [2.05, 4.69) is 20.9 Å². The summed E-state index contributed by atoms with van der Waals surface area (Å²) in [5.74, 6) is -0.0578. The van der Waals surface area contributed by atoms with E-state index in [0.29, 0.717) is 6.54 Å². The highest BCUT2D eigenvalue weighted by Gasteiger charge is 2.04. The Balaban J connectivity index is 2.23. The van der Waals surface area contributed by atoms with E-state index in [1.165, 1.54) is 4.68 Å². The fourth-order valence-corrected chi connectivity index (χ4v) is 0.889. The topological polar surface area (TPSA) is 71.8 Å². The molecule has 78 valence electrons. The number of amides is 1. The summed E-state index contributed by atoms with van der Waals surface area (Å²) in [7, 11) is 1.86. The van der Waals surface area contributed by atoms with Crippen LogP contribution in [0, 0.1) is 0 Å². The van der Waals surface area contributed by atoms with Crippen LogP contribution in [-0.4, -0.2) is 40.5 Å². The Morgan fingerprint density at radius 2 is 2.43 bits per heavy atom. The normalized spacial score (nSPS) is 12.4. The molecule has 1 atom stereocenters. The summed E-state index contributed by atoms with van der Waals surface area (Å²) in [5.41, 5.74) is 0. The largest absolute Gasteiger partial charge is 0.353 e. The smallest absolute Gasteiger partial charge is 0.241 e. The van der Waals surface area contributed by atoms with Crippen molar-refractivity contribution in [2.45, 2.75) is 19.5 Å². The van der Waals surface area contributed by atoms with Gasteiger partial charge in [0.05, 0.1) is 6.20 Å². The molecule has 0 aliphatic heterocycles. The summed E-state index contributed by atoms with van der Waals surface area (Å²) in [5, 5.41) is 13.1. The van der Waals surface area contributed by atoms with Crippen molar-refractivity contribution in [3.63, 3.8) is 0 Å². The zero-order chi connectivity index (χ0) is 10.4. The maximum absolute atomic E-state index is 11.3. The van der Waals surface area contributed by atoms with Crippen molar-refractivity contribution in [2.75, 3.05) is 13.6 Å². The number of carbonyl (C=O) groups is 1. The predicted octanol–water partition coefficient (Wildman–Crippen LogP) is -0.998. The molecule has 0 spiro atoms. The molecule has 0 saturated carbocycles. The number of carbonyl (C=O) groups excluding carboxylic acids is 1. The summed E-state index contributed by atoms with van der Waals surface area (Å²) in [6, 6.07) is 0.273. The van der Waals surface area contributed by atoms with E-state index in [9.17, 15) is 4.79 Å².